The second-order valence-corrected chi connectivity index (χ2v) is 7.65. The van der Waals surface area contributed by atoms with E-state index in [1.807, 2.05) is 0 Å². The van der Waals surface area contributed by atoms with Crippen molar-refractivity contribution in [2.24, 2.45) is 0 Å². The van der Waals surface area contributed by atoms with Crippen LogP contribution >= 0.6 is 11.8 Å². The minimum Gasteiger partial charge on any atom is -0.480 e. The maximum atomic E-state index is 12.2. The summed E-state index contributed by atoms with van der Waals surface area (Å²) in [7, 11) is 3.10. The number of aromatic nitrogens is 4. The first-order valence-corrected chi connectivity index (χ1v) is 10.6. The zero-order chi connectivity index (χ0) is 21.6. The third-order valence-electron chi connectivity index (χ3n) is 4.63. The van der Waals surface area contributed by atoms with Crippen molar-refractivity contribution < 1.29 is 18.7 Å². The van der Waals surface area contributed by atoms with Crippen molar-refractivity contribution in [3.8, 4) is 11.8 Å². The molecule has 11 heteroatoms. The molecule has 1 fully saturated rings. The minimum absolute atomic E-state index is 0.192. The highest BCUT2D eigenvalue weighted by Crippen LogP contribution is 2.40. The zero-order valence-electron chi connectivity index (χ0n) is 17.2. The van der Waals surface area contributed by atoms with Crippen molar-refractivity contribution in [1.82, 2.24) is 19.9 Å². The highest BCUT2D eigenvalue weighted by Gasteiger charge is 2.23. The van der Waals surface area contributed by atoms with Gasteiger partial charge in [0.05, 0.1) is 20.5 Å². The number of amides is 1. The normalized spacial score (nSPS) is 13.7. The molecule has 1 amide bonds. The molecule has 10 nitrogen and oxygen atoms in total. The summed E-state index contributed by atoms with van der Waals surface area (Å²) in [5, 5.41) is 3.06. The predicted octanol–water partition coefficient (Wildman–Crippen LogP) is 3.27. The van der Waals surface area contributed by atoms with E-state index in [0.717, 1.165) is 25.9 Å². The molecule has 4 heterocycles. The maximum absolute atomic E-state index is 12.2. The number of hydrogen-bond donors (Lipinski definition) is 1. The highest BCUT2D eigenvalue weighted by molar-refractivity contribution is 7.99. The summed E-state index contributed by atoms with van der Waals surface area (Å²) in [4.78, 5) is 32.7. The lowest BCUT2D eigenvalue weighted by molar-refractivity contribution is 0.0996. The summed E-state index contributed by atoms with van der Waals surface area (Å²) < 4.78 is 16.1. The maximum Gasteiger partial charge on any atom is 0.292 e. The van der Waals surface area contributed by atoms with E-state index in [-0.39, 0.29) is 5.76 Å². The smallest absolute Gasteiger partial charge is 0.292 e. The summed E-state index contributed by atoms with van der Waals surface area (Å²) in [6, 6.07) is 4.81. The number of carbonyl (C=O) groups excluding carboxylic acids is 1. The minimum atomic E-state index is -0.399. The molecule has 1 aliphatic heterocycles. The van der Waals surface area contributed by atoms with E-state index in [4.69, 9.17) is 13.9 Å². The Morgan fingerprint density at radius 1 is 1.10 bits per heavy atom. The third-order valence-corrected chi connectivity index (χ3v) is 5.56. The van der Waals surface area contributed by atoms with Crippen molar-refractivity contribution in [3.05, 3.63) is 36.4 Å². The Kier molecular flexibility index (Phi) is 6.51. The summed E-state index contributed by atoms with van der Waals surface area (Å²) in [5.74, 6) is 1.47. The van der Waals surface area contributed by atoms with E-state index in [1.54, 1.807) is 38.6 Å². The Labute approximate surface area is 183 Å². The molecular weight excluding hydrogens is 420 g/mol. The van der Waals surface area contributed by atoms with Crippen LogP contribution < -0.4 is 19.7 Å². The molecule has 1 aliphatic rings. The van der Waals surface area contributed by atoms with E-state index in [2.05, 4.69) is 30.2 Å². The summed E-state index contributed by atoms with van der Waals surface area (Å²) in [6.07, 6.45) is 6.41. The molecule has 0 unspecified atom stereocenters. The zero-order valence-corrected chi connectivity index (χ0v) is 18.0. The van der Waals surface area contributed by atoms with Gasteiger partial charge in [0.15, 0.2) is 10.9 Å². The number of piperidine rings is 1. The number of hydrogen-bond acceptors (Lipinski definition) is 10. The van der Waals surface area contributed by atoms with Gasteiger partial charge in [0.1, 0.15) is 10.7 Å². The number of furan rings is 1. The lowest BCUT2D eigenvalue weighted by atomic mass is 10.1. The summed E-state index contributed by atoms with van der Waals surface area (Å²) >= 11 is 1.19. The molecule has 31 heavy (non-hydrogen) atoms. The van der Waals surface area contributed by atoms with Gasteiger partial charge in [-0.2, -0.15) is 9.97 Å². The van der Waals surface area contributed by atoms with Gasteiger partial charge in [0.25, 0.3) is 5.91 Å². The number of ether oxygens (including phenoxy) is 2. The third kappa shape index (κ3) is 4.88. The van der Waals surface area contributed by atoms with Crippen LogP contribution in [0.15, 0.2) is 45.1 Å². The Morgan fingerprint density at radius 2 is 1.84 bits per heavy atom. The molecule has 4 rings (SSSR count). The Hall–Kier alpha value is -3.34. The van der Waals surface area contributed by atoms with E-state index in [1.165, 1.54) is 24.4 Å². The van der Waals surface area contributed by atoms with E-state index < -0.39 is 5.91 Å². The van der Waals surface area contributed by atoms with Gasteiger partial charge in [-0.1, -0.05) is 0 Å². The lowest BCUT2D eigenvalue weighted by Crippen LogP contribution is -2.31. The second-order valence-electron chi connectivity index (χ2n) is 6.68. The standard InChI is InChI=1S/C20H22N6O4S/c1-28-17-15(18(29-2)25-19(24-17)26-10-4-3-5-11-26)31-20-21-9-8-14(23-20)22-16(27)13-7-6-12-30-13/h6-9,12H,3-5,10-11H2,1-2H3,(H,21,22,23,27). The fourth-order valence-electron chi connectivity index (χ4n) is 3.14. The predicted molar refractivity (Wildman–Crippen MR) is 114 cm³/mol. The van der Waals surface area contributed by atoms with Crippen molar-refractivity contribution in [1.29, 1.82) is 0 Å². The van der Waals surface area contributed by atoms with Crippen LogP contribution in [0.2, 0.25) is 0 Å². The van der Waals surface area contributed by atoms with Crippen LogP contribution in [0, 0.1) is 0 Å². The molecule has 0 bridgehead atoms. The molecule has 1 N–H and O–H groups in total. The molecule has 0 aliphatic carbocycles. The number of anilines is 2. The number of nitrogens with zero attached hydrogens (tertiary/aromatic N) is 5. The van der Waals surface area contributed by atoms with Crippen LogP contribution in [0.4, 0.5) is 11.8 Å². The van der Waals surface area contributed by atoms with Gasteiger partial charge in [0, 0.05) is 19.3 Å². The van der Waals surface area contributed by atoms with Crippen molar-refractivity contribution in [2.75, 3.05) is 37.5 Å². The quantitative estimate of drug-likeness (QED) is 0.547. The first-order valence-electron chi connectivity index (χ1n) is 9.78. The Bertz CT molecular complexity index is 1010. The molecular formula is C20H22N6O4S. The summed E-state index contributed by atoms with van der Waals surface area (Å²) in [6.45, 7) is 1.80. The van der Waals surface area contributed by atoms with Crippen LogP contribution in [-0.2, 0) is 0 Å². The molecule has 0 spiro atoms. The topological polar surface area (TPSA) is 116 Å². The van der Waals surface area contributed by atoms with Crippen LogP contribution in [0.5, 0.6) is 11.8 Å². The Balaban J connectivity index is 1.57. The van der Waals surface area contributed by atoms with E-state index in [0.29, 0.717) is 33.6 Å². The van der Waals surface area contributed by atoms with E-state index in [9.17, 15) is 4.79 Å². The summed E-state index contributed by atoms with van der Waals surface area (Å²) in [5.41, 5.74) is 0. The SMILES string of the molecule is COc1nc(N2CCCCC2)nc(OC)c1Sc1nccc(NC(=O)c2ccco2)n1. The molecule has 3 aromatic rings. The van der Waals surface area contributed by atoms with E-state index >= 15 is 0 Å². The largest absolute Gasteiger partial charge is 0.480 e. The molecule has 162 valence electrons. The molecule has 0 atom stereocenters. The molecule has 3 aromatic heterocycles. The molecule has 0 radical (unpaired) electrons. The van der Waals surface area contributed by atoms with Gasteiger partial charge in [-0.3, -0.25) is 4.79 Å². The van der Waals surface area contributed by atoms with Crippen molar-refractivity contribution >= 4 is 29.4 Å². The monoisotopic (exact) mass is 442 g/mol. The number of rotatable bonds is 7. The molecule has 1 saturated heterocycles. The molecule has 0 saturated carbocycles. The number of nitrogens with one attached hydrogen (secondary N) is 1. The fourth-order valence-corrected chi connectivity index (χ4v) is 4.01. The highest BCUT2D eigenvalue weighted by atomic mass is 32.2. The second kappa shape index (κ2) is 9.65. The van der Waals surface area contributed by atoms with Gasteiger partial charge >= 0.3 is 0 Å². The lowest BCUT2D eigenvalue weighted by Gasteiger charge is -2.27. The fraction of sp³-hybridized carbons (Fsp3) is 0.350. The van der Waals surface area contributed by atoms with Crippen LogP contribution in [0.1, 0.15) is 29.8 Å². The van der Waals surface area contributed by atoms with Gasteiger partial charge in [-0.15, -0.1) is 0 Å². The van der Waals surface area contributed by atoms with Crippen molar-refractivity contribution in [2.45, 2.75) is 29.3 Å². The van der Waals surface area contributed by atoms with Gasteiger partial charge in [-0.25, -0.2) is 9.97 Å². The van der Waals surface area contributed by atoms with Crippen LogP contribution in [0.25, 0.3) is 0 Å². The van der Waals surface area contributed by atoms with Crippen LogP contribution in [0.3, 0.4) is 0 Å². The van der Waals surface area contributed by atoms with Gasteiger partial charge in [-0.05, 0) is 49.2 Å². The average Bonchev–Trinajstić information content (AvgIpc) is 3.35. The number of carbonyl (C=O) groups is 1. The first-order chi connectivity index (χ1) is 15.2. The average molecular weight is 443 g/mol. The Morgan fingerprint density at radius 3 is 2.48 bits per heavy atom. The van der Waals surface area contributed by atoms with Crippen molar-refractivity contribution in [3.63, 3.8) is 0 Å². The molecule has 0 aromatic carbocycles. The van der Waals surface area contributed by atoms with Crippen LogP contribution in [-0.4, -0.2) is 53.2 Å². The first kappa shape index (κ1) is 20.9. The number of methoxy groups -OCH3 is 2. The van der Waals surface area contributed by atoms with Gasteiger partial charge < -0.3 is 24.1 Å². The van der Waals surface area contributed by atoms with Gasteiger partial charge in [0.2, 0.25) is 17.7 Å².